The van der Waals surface area contributed by atoms with Crippen molar-refractivity contribution in [2.75, 3.05) is 19.0 Å². The van der Waals surface area contributed by atoms with E-state index in [1.807, 2.05) is 52.2 Å². The molecule has 0 spiro atoms. The van der Waals surface area contributed by atoms with Gasteiger partial charge in [-0.1, -0.05) is 11.8 Å². The predicted molar refractivity (Wildman–Crippen MR) is 65.9 cm³/mol. The number of rotatable bonds is 1. The first-order chi connectivity index (χ1) is 6.88. The van der Waals surface area contributed by atoms with E-state index in [0.717, 1.165) is 5.56 Å². The van der Waals surface area contributed by atoms with Crippen molar-refractivity contribution in [3.05, 3.63) is 29.8 Å². The van der Waals surface area contributed by atoms with Crippen LogP contribution in [0.25, 0.3) is 0 Å². The van der Waals surface area contributed by atoms with Gasteiger partial charge in [-0.25, -0.2) is 0 Å². The molecule has 80 valence electrons. The lowest BCUT2D eigenvalue weighted by Gasteiger charge is -2.11. The molecule has 0 amide bonds. The summed E-state index contributed by atoms with van der Waals surface area (Å²) in [5.74, 6) is 6.06. The third-order valence-electron chi connectivity index (χ3n) is 1.91. The van der Waals surface area contributed by atoms with Crippen LogP contribution in [0.15, 0.2) is 24.3 Å². The van der Waals surface area contributed by atoms with Crippen LogP contribution >= 0.6 is 0 Å². The van der Waals surface area contributed by atoms with E-state index in [1.165, 1.54) is 5.69 Å². The maximum atomic E-state index is 5.78. The van der Waals surface area contributed by atoms with Gasteiger partial charge in [0.1, 0.15) is 0 Å². The van der Waals surface area contributed by atoms with Crippen molar-refractivity contribution in [3.8, 4) is 11.8 Å². The van der Waals surface area contributed by atoms with Crippen molar-refractivity contribution < 1.29 is 0 Å². The minimum atomic E-state index is -0.430. The summed E-state index contributed by atoms with van der Waals surface area (Å²) in [5, 5.41) is 0. The Kier molecular flexibility index (Phi) is 3.39. The third kappa shape index (κ3) is 4.05. The number of benzene rings is 1. The van der Waals surface area contributed by atoms with Gasteiger partial charge in [0, 0.05) is 25.3 Å². The zero-order chi connectivity index (χ0) is 11.5. The van der Waals surface area contributed by atoms with Gasteiger partial charge in [-0.3, -0.25) is 0 Å². The lowest BCUT2D eigenvalue weighted by Crippen LogP contribution is -2.29. The van der Waals surface area contributed by atoms with Gasteiger partial charge in [0.25, 0.3) is 0 Å². The molecule has 0 aliphatic rings. The number of hydrogen-bond donors (Lipinski definition) is 1. The SMILES string of the molecule is CN(C)c1ccc(C#CC(C)(C)N)cc1. The maximum Gasteiger partial charge on any atom is 0.0722 e. The van der Waals surface area contributed by atoms with Crippen LogP contribution in [0.2, 0.25) is 0 Å². The van der Waals surface area contributed by atoms with E-state index in [-0.39, 0.29) is 0 Å². The standard InChI is InChI=1S/C13H18N2/c1-13(2,14)10-9-11-5-7-12(8-6-11)15(3)4/h5-8H,14H2,1-4H3. The van der Waals surface area contributed by atoms with E-state index in [2.05, 4.69) is 16.7 Å². The second-order valence-corrected chi connectivity index (χ2v) is 4.41. The predicted octanol–water partition coefficient (Wildman–Crippen LogP) is 1.84. The lowest BCUT2D eigenvalue weighted by molar-refractivity contribution is 0.680. The molecule has 0 fully saturated rings. The van der Waals surface area contributed by atoms with Crippen LogP contribution in [0.4, 0.5) is 5.69 Å². The zero-order valence-corrected chi connectivity index (χ0v) is 9.83. The van der Waals surface area contributed by atoms with Crippen LogP contribution < -0.4 is 10.6 Å². The highest BCUT2D eigenvalue weighted by Gasteiger charge is 2.03. The smallest absolute Gasteiger partial charge is 0.0722 e. The molecule has 0 saturated carbocycles. The molecule has 1 aromatic carbocycles. The topological polar surface area (TPSA) is 29.3 Å². The van der Waals surface area contributed by atoms with E-state index in [4.69, 9.17) is 5.73 Å². The van der Waals surface area contributed by atoms with Gasteiger partial charge < -0.3 is 10.6 Å². The molecule has 15 heavy (non-hydrogen) atoms. The van der Waals surface area contributed by atoms with Crippen molar-refractivity contribution in [3.63, 3.8) is 0 Å². The fourth-order valence-corrected chi connectivity index (χ4v) is 1.08. The Morgan fingerprint density at radius 2 is 1.67 bits per heavy atom. The van der Waals surface area contributed by atoms with Gasteiger partial charge in [0.05, 0.1) is 5.54 Å². The molecule has 1 aromatic rings. The molecule has 0 aliphatic carbocycles. The fourth-order valence-electron chi connectivity index (χ4n) is 1.08. The Labute approximate surface area is 92.1 Å². The summed E-state index contributed by atoms with van der Waals surface area (Å²) in [4.78, 5) is 2.06. The number of anilines is 1. The first-order valence-corrected chi connectivity index (χ1v) is 4.98. The Morgan fingerprint density at radius 1 is 1.13 bits per heavy atom. The molecule has 2 N–H and O–H groups in total. The van der Waals surface area contributed by atoms with Crippen molar-refractivity contribution in [1.29, 1.82) is 0 Å². The summed E-state index contributed by atoms with van der Waals surface area (Å²) in [6.45, 7) is 3.79. The van der Waals surface area contributed by atoms with Gasteiger partial charge >= 0.3 is 0 Å². The minimum Gasteiger partial charge on any atom is -0.378 e. The molecular formula is C13H18N2. The fraction of sp³-hybridized carbons (Fsp3) is 0.385. The van der Waals surface area contributed by atoms with Gasteiger partial charge in [-0.2, -0.15) is 0 Å². The Morgan fingerprint density at radius 3 is 2.07 bits per heavy atom. The van der Waals surface area contributed by atoms with Crippen molar-refractivity contribution >= 4 is 5.69 Å². The van der Waals surface area contributed by atoms with E-state index in [1.54, 1.807) is 0 Å². The summed E-state index contributed by atoms with van der Waals surface area (Å²) < 4.78 is 0. The van der Waals surface area contributed by atoms with E-state index >= 15 is 0 Å². The monoisotopic (exact) mass is 202 g/mol. The van der Waals surface area contributed by atoms with E-state index < -0.39 is 5.54 Å². The number of hydrogen-bond acceptors (Lipinski definition) is 2. The highest BCUT2D eigenvalue weighted by atomic mass is 15.1. The molecule has 0 bridgehead atoms. The van der Waals surface area contributed by atoms with Crippen LogP contribution in [0, 0.1) is 11.8 Å². The molecule has 0 aromatic heterocycles. The number of nitrogens with zero attached hydrogens (tertiary/aromatic N) is 1. The maximum absolute atomic E-state index is 5.78. The van der Waals surface area contributed by atoms with Crippen LogP contribution in [-0.4, -0.2) is 19.6 Å². The van der Waals surface area contributed by atoms with Crippen LogP contribution in [0.1, 0.15) is 19.4 Å². The molecule has 0 saturated heterocycles. The quantitative estimate of drug-likeness (QED) is 0.704. The Bertz CT molecular complexity index is 372. The molecule has 2 heteroatoms. The first kappa shape index (κ1) is 11.6. The van der Waals surface area contributed by atoms with Gasteiger partial charge in [0.2, 0.25) is 0 Å². The van der Waals surface area contributed by atoms with Crippen molar-refractivity contribution in [1.82, 2.24) is 0 Å². The van der Waals surface area contributed by atoms with Gasteiger partial charge in [-0.05, 0) is 38.1 Å². The first-order valence-electron chi connectivity index (χ1n) is 4.98. The average molecular weight is 202 g/mol. The lowest BCUT2D eigenvalue weighted by atomic mass is 10.1. The second-order valence-electron chi connectivity index (χ2n) is 4.41. The highest BCUT2D eigenvalue weighted by molar-refractivity contribution is 5.49. The van der Waals surface area contributed by atoms with Gasteiger partial charge in [-0.15, -0.1) is 0 Å². The summed E-state index contributed by atoms with van der Waals surface area (Å²) in [7, 11) is 4.04. The molecule has 0 heterocycles. The largest absolute Gasteiger partial charge is 0.378 e. The minimum absolute atomic E-state index is 0.430. The van der Waals surface area contributed by atoms with Crippen molar-refractivity contribution in [2.45, 2.75) is 19.4 Å². The molecule has 0 atom stereocenters. The second kappa shape index (κ2) is 4.37. The molecule has 0 unspecified atom stereocenters. The van der Waals surface area contributed by atoms with E-state index in [9.17, 15) is 0 Å². The summed E-state index contributed by atoms with van der Waals surface area (Å²) in [6, 6.07) is 8.11. The summed E-state index contributed by atoms with van der Waals surface area (Å²) in [5.41, 5.74) is 7.52. The van der Waals surface area contributed by atoms with Gasteiger partial charge in [0.15, 0.2) is 0 Å². The Hall–Kier alpha value is -1.46. The van der Waals surface area contributed by atoms with Crippen LogP contribution in [0.3, 0.4) is 0 Å². The zero-order valence-electron chi connectivity index (χ0n) is 9.83. The number of nitrogens with two attached hydrogens (primary N) is 1. The van der Waals surface area contributed by atoms with Crippen molar-refractivity contribution in [2.24, 2.45) is 5.73 Å². The molecule has 2 nitrogen and oxygen atoms in total. The highest BCUT2D eigenvalue weighted by Crippen LogP contribution is 2.11. The Balaban J connectivity index is 2.85. The van der Waals surface area contributed by atoms with E-state index in [0.29, 0.717) is 0 Å². The molecule has 0 aliphatic heterocycles. The molecular weight excluding hydrogens is 184 g/mol. The average Bonchev–Trinajstić information content (AvgIpc) is 2.14. The third-order valence-corrected chi connectivity index (χ3v) is 1.91. The van der Waals surface area contributed by atoms with Crippen LogP contribution in [-0.2, 0) is 0 Å². The summed E-state index contributed by atoms with van der Waals surface area (Å²) in [6.07, 6.45) is 0. The molecule has 0 radical (unpaired) electrons. The van der Waals surface area contributed by atoms with Crippen LogP contribution in [0.5, 0.6) is 0 Å². The summed E-state index contributed by atoms with van der Waals surface area (Å²) >= 11 is 0. The normalized spacial score (nSPS) is 10.5. The molecule has 1 rings (SSSR count).